The molecule has 1 heterocycles. The summed E-state index contributed by atoms with van der Waals surface area (Å²) in [5.41, 5.74) is 1.86. The predicted molar refractivity (Wildman–Crippen MR) is 101 cm³/mol. The summed E-state index contributed by atoms with van der Waals surface area (Å²) in [6, 6.07) is 7.79. The van der Waals surface area contributed by atoms with Crippen molar-refractivity contribution in [1.29, 1.82) is 0 Å². The number of rotatable bonds is 7. The van der Waals surface area contributed by atoms with E-state index in [1.165, 1.54) is 0 Å². The largest absolute Gasteiger partial charge is 0.376 e. The lowest BCUT2D eigenvalue weighted by molar-refractivity contribution is 0.0827. The van der Waals surface area contributed by atoms with Gasteiger partial charge in [0.2, 0.25) is 0 Å². The maximum atomic E-state index is 12.0. The summed E-state index contributed by atoms with van der Waals surface area (Å²) < 4.78 is 5.61. The average Bonchev–Trinajstić information content (AvgIpc) is 3.12. The Morgan fingerprint density at radius 2 is 2.20 bits per heavy atom. The molecule has 0 bridgehead atoms. The van der Waals surface area contributed by atoms with Crippen LogP contribution in [-0.4, -0.2) is 63.2 Å². The fourth-order valence-electron chi connectivity index (χ4n) is 2.77. The molecule has 0 radical (unpaired) electrons. The van der Waals surface area contributed by atoms with Gasteiger partial charge in [0, 0.05) is 39.4 Å². The van der Waals surface area contributed by atoms with Crippen LogP contribution in [0.1, 0.15) is 35.7 Å². The molecule has 1 saturated heterocycles. The van der Waals surface area contributed by atoms with Crippen LogP contribution < -0.4 is 10.6 Å². The molecule has 2 N–H and O–H groups in total. The minimum atomic E-state index is 0.0290. The molecule has 0 spiro atoms. The Balaban J connectivity index is 1.85. The first-order valence-corrected chi connectivity index (χ1v) is 9.04. The number of nitrogens with one attached hydrogen (secondary N) is 2. The molecule has 0 saturated carbocycles. The van der Waals surface area contributed by atoms with E-state index in [9.17, 15) is 4.79 Å². The standard InChI is InChI=1S/C19H30N4O2/c1-4-20-19(22-14-17-9-6-12-25-17)21-11-10-15-7-5-8-16(13-15)18(24)23(2)3/h5,7-8,13,17H,4,6,9-12,14H2,1-3H3,(H2,20,21,22). The van der Waals surface area contributed by atoms with Crippen LogP contribution in [0, 0.1) is 0 Å². The number of hydrogen-bond donors (Lipinski definition) is 2. The molecule has 1 unspecified atom stereocenters. The van der Waals surface area contributed by atoms with Gasteiger partial charge in [-0.15, -0.1) is 0 Å². The van der Waals surface area contributed by atoms with Crippen LogP contribution in [0.2, 0.25) is 0 Å². The van der Waals surface area contributed by atoms with Gasteiger partial charge in [-0.25, -0.2) is 0 Å². The van der Waals surface area contributed by atoms with E-state index < -0.39 is 0 Å². The Bertz CT molecular complexity index is 581. The van der Waals surface area contributed by atoms with E-state index in [-0.39, 0.29) is 12.0 Å². The van der Waals surface area contributed by atoms with Gasteiger partial charge in [-0.05, 0) is 43.9 Å². The first kappa shape index (κ1) is 19.2. The Kier molecular flexibility index (Phi) is 7.73. The maximum Gasteiger partial charge on any atom is 0.253 e. The van der Waals surface area contributed by atoms with Crippen LogP contribution >= 0.6 is 0 Å². The van der Waals surface area contributed by atoms with Crippen molar-refractivity contribution in [3.05, 3.63) is 35.4 Å². The Morgan fingerprint density at radius 3 is 2.88 bits per heavy atom. The minimum absolute atomic E-state index is 0.0290. The summed E-state index contributed by atoms with van der Waals surface area (Å²) in [7, 11) is 3.54. The number of carbonyl (C=O) groups is 1. The number of ether oxygens (including phenoxy) is 1. The van der Waals surface area contributed by atoms with E-state index >= 15 is 0 Å². The molecule has 1 aromatic rings. The Morgan fingerprint density at radius 1 is 1.36 bits per heavy atom. The molecule has 2 rings (SSSR count). The van der Waals surface area contributed by atoms with Gasteiger partial charge in [0.15, 0.2) is 5.96 Å². The van der Waals surface area contributed by atoms with Crippen LogP contribution in [0.4, 0.5) is 0 Å². The second kappa shape index (κ2) is 10.0. The van der Waals surface area contributed by atoms with E-state index in [0.29, 0.717) is 6.54 Å². The predicted octanol–water partition coefficient (Wildman–Crippen LogP) is 1.67. The molecule has 1 aromatic carbocycles. The molecule has 1 aliphatic heterocycles. The molecule has 1 amide bonds. The number of aliphatic imine (C=N–C) groups is 1. The van der Waals surface area contributed by atoms with Crippen LogP contribution in [0.5, 0.6) is 0 Å². The van der Waals surface area contributed by atoms with E-state index in [4.69, 9.17) is 4.74 Å². The summed E-state index contributed by atoms with van der Waals surface area (Å²) in [5, 5.41) is 6.61. The van der Waals surface area contributed by atoms with E-state index in [1.807, 2.05) is 24.3 Å². The number of benzene rings is 1. The van der Waals surface area contributed by atoms with Crippen LogP contribution in [0.15, 0.2) is 29.3 Å². The molecule has 25 heavy (non-hydrogen) atoms. The van der Waals surface area contributed by atoms with Gasteiger partial charge in [-0.2, -0.15) is 0 Å². The van der Waals surface area contributed by atoms with Gasteiger partial charge >= 0.3 is 0 Å². The third-order valence-electron chi connectivity index (χ3n) is 4.11. The van der Waals surface area contributed by atoms with E-state index in [2.05, 4.69) is 22.5 Å². The normalized spacial score (nSPS) is 17.4. The summed E-state index contributed by atoms with van der Waals surface area (Å²) >= 11 is 0. The van der Waals surface area contributed by atoms with Gasteiger partial charge in [0.05, 0.1) is 12.6 Å². The third-order valence-corrected chi connectivity index (χ3v) is 4.11. The van der Waals surface area contributed by atoms with Crippen LogP contribution in [-0.2, 0) is 11.2 Å². The fraction of sp³-hybridized carbons (Fsp3) is 0.579. The average molecular weight is 346 g/mol. The zero-order chi connectivity index (χ0) is 18.1. The summed E-state index contributed by atoms with van der Waals surface area (Å²) in [4.78, 5) is 18.2. The lowest BCUT2D eigenvalue weighted by atomic mass is 10.1. The smallest absolute Gasteiger partial charge is 0.253 e. The highest BCUT2D eigenvalue weighted by Crippen LogP contribution is 2.11. The summed E-state index contributed by atoms with van der Waals surface area (Å²) in [5.74, 6) is 0.847. The molecule has 6 nitrogen and oxygen atoms in total. The molecule has 0 aromatic heterocycles. The van der Waals surface area contributed by atoms with E-state index in [0.717, 1.165) is 56.0 Å². The number of hydrogen-bond acceptors (Lipinski definition) is 3. The molecule has 1 aliphatic rings. The van der Waals surface area contributed by atoms with Crippen molar-refractivity contribution in [2.24, 2.45) is 4.99 Å². The van der Waals surface area contributed by atoms with Crippen molar-refractivity contribution in [2.75, 3.05) is 40.3 Å². The highest BCUT2D eigenvalue weighted by Gasteiger charge is 2.14. The van der Waals surface area contributed by atoms with Gasteiger partial charge in [0.25, 0.3) is 5.91 Å². The first-order chi connectivity index (χ1) is 12.1. The number of guanidine groups is 1. The van der Waals surface area contributed by atoms with Crippen molar-refractivity contribution in [3.63, 3.8) is 0 Å². The van der Waals surface area contributed by atoms with Crippen LogP contribution in [0.3, 0.4) is 0 Å². The monoisotopic (exact) mass is 346 g/mol. The molecule has 138 valence electrons. The lowest BCUT2D eigenvalue weighted by Gasteiger charge is -2.14. The highest BCUT2D eigenvalue weighted by atomic mass is 16.5. The van der Waals surface area contributed by atoms with Gasteiger partial charge in [-0.1, -0.05) is 12.1 Å². The Hall–Kier alpha value is -2.08. The minimum Gasteiger partial charge on any atom is -0.376 e. The van der Waals surface area contributed by atoms with Crippen LogP contribution in [0.25, 0.3) is 0 Å². The van der Waals surface area contributed by atoms with Gasteiger partial charge < -0.3 is 20.3 Å². The van der Waals surface area contributed by atoms with Crippen molar-refractivity contribution in [2.45, 2.75) is 32.3 Å². The fourth-order valence-corrected chi connectivity index (χ4v) is 2.77. The summed E-state index contributed by atoms with van der Waals surface area (Å²) in [6.45, 7) is 5.19. The molecule has 6 heteroatoms. The molecule has 1 atom stereocenters. The first-order valence-electron chi connectivity index (χ1n) is 9.04. The number of amides is 1. The lowest BCUT2D eigenvalue weighted by Crippen LogP contribution is -2.39. The SMILES string of the molecule is CCNC(=NCC1CCCO1)NCCc1cccc(C(=O)N(C)C)c1. The second-order valence-electron chi connectivity index (χ2n) is 6.43. The highest BCUT2D eigenvalue weighted by molar-refractivity contribution is 5.94. The van der Waals surface area contributed by atoms with Crippen molar-refractivity contribution >= 4 is 11.9 Å². The van der Waals surface area contributed by atoms with Crippen molar-refractivity contribution < 1.29 is 9.53 Å². The molecule has 1 fully saturated rings. The summed E-state index contributed by atoms with van der Waals surface area (Å²) in [6.07, 6.45) is 3.31. The molecular weight excluding hydrogens is 316 g/mol. The topological polar surface area (TPSA) is 66.0 Å². The molecule has 0 aliphatic carbocycles. The maximum absolute atomic E-state index is 12.0. The second-order valence-corrected chi connectivity index (χ2v) is 6.43. The number of nitrogens with zero attached hydrogens (tertiary/aromatic N) is 2. The van der Waals surface area contributed by atoms with Gasteiger partial charge in [-0.3, -0.25) is 9.79 Å². The zero-order valence-electron chi connectivity index (χ0n) is 15.5. The van der Waals surface area contributed by atoms with E-state index in [1.54, 1.807) is 19.0 Å². The Labute approximate surface area is 150 Å². The van der Waals surface area contributed by atoms with Gasteiger partial charge in [0.1, 0.15) is 0 Å². The van der Waals surface area contributed by atoms with Crippen molar-refractivity contribution in [3.8, 4) is 0 Å². The number of carbonyl (C=O) groups excluding carboxylic acids is 1. The third kappa shape index (κ3) is 6.38. The molecular formula is C19H30N4O2. The van der Waals surface area contributed by atoms with Crippen molar-refractivity contribution in [1.82, 2.24) is 15.5 Å². The quantitative estimate of drug-likeness (QED) is 0.582. The zero-order valence-corrected chi connectivity index (χ0v) is 15.5.